The lowest BCUT2D eigenvalue weighted by molar-refractivity contribution is -0.121. The molecule has 0 aliphatic carbocycles. The van der Waals surface area contributed by atoms with Crippen LogP contribution >= 0.6 is 15.9 Å². The molecule has 0 radical (unpaired) electrons. The van der Waals surface area contributed by atoms with E-state index in [1.54, 1.807) is 18.1 Å². The summed E-state index contributed by atoms with van der Waals surface area (Å²) in [6.45, 7) is 1.11. The fourth-order valence-electron chi connectivity index (χ4n) is 3.74. The van der Waals surface area contributed by atoms with Gasteiger partial charge in [0.2, 0.25) is 5.91 Å². The lowest BCUT2D eigenvalue weighted by Crippen LogP contribution is -2.41. The third-order valence-electron chi connectivity index (χ3n) is 5.47. The number of hydrogen-bond donors (Lipinski definition) is 2. The number of anilines is 1. The maximum atomic E-state index is 12.7. The molecule has 2 amide bonds. The highest BCUT2D eigenvalue weighted by Gasteiger charge is 2.28. The van der Waals surface area contributed by atoms with Crippen LogP contribution in [0.25, 0.3) is 11.3 Å². The number of ether oxygens (including phenoxy) is 1. The van der Waals surface area contributed by atoms with E-state index < -0.39 is 0 Å². The van der Waals surface area contributed by atoms with Crippen molar-refractivity contribution in [1.82, 2.24) is 15.1 Å². The Bertz CT molecular complexity index is 1070. The molecular weight excluding hydrogens is 460 g/mol. The Labute approximate surface area is 188 Å². The summed E-state index contributed by atoms with van der Waals surface area (Å²) < 4.78 is 6.32. The Morgan fingerprint density at radius 1 is 1.13 bits per heavy atom. The molecule has 0 spiro atoms. The smallest absolute Gasteiger partial charge is 0.253 e. The van der Waals surface area contributed by atoms with Crippen molar-refractivity contribution in [1.29, 1.82) is 0 Å². The van der Waals surface area contributed by atoms with E-state index in [1.165, 1.54) is 0 Å². The van der Waals surface area contributed by atoms with Crippen LogP contribution in [0.2, 0.25) is 0 Å². The van der Waals surface area contributed by atoms with Gasteiger partial charge < -0.3 is 15.0 Å². The second kappa shape index (κ2) is 9.34. The van der Waals surface area contributed by atoms with Crippen molar-refractivity contribution in [3.8, 4) is 17.0 Å². The molecule has 1 fully saturated rings. The highest BCUT2D eigenvalue weighted by molar-refractivity contribution is 9.10. The molecule has 8 heteroatoms. The predicted octanol–water partition coefficient (Wildman–Crippen LogP) is 4.34. The van der Waals surface area contributed by atoms with Gasteiger partial charge in [-0.25, -0.2) is 0 Å². The topological polar surface area (TPSA) is 87.3 Å². The first kappa shape index (κ1) is 21.1. The fraction of sp³-hybridized carbons (Fsp3) is 0.261. The van der Waals surface area contributed by atoms with Crippen LogP contribution in [-0.4, -0.2) is 47.1 Å². The van der Waals surface area contributed by atoms with Gasteiger partial charge in [0.25, 0.3) is 5.91 Å². The molecule has 3 aromatic rings. The Morgan fingerprint density at radius 3 is 2.55 bits per heavy atom. The van der Waals surface area contributed by atoms with E-state index >= 15 is 0 Å². The first-order chi connectivity index (χ1) is 15.0. The molecule has 31 heavy (non-hydrogen) atoms. The summed E-state index contributed by atoms with van der Waals surface area (Å²) in [6.07, 6.45) is 1.25. The number of nitrogens with zero attached hydrogens (tertiary/aromatic N) is 2. The van der Waals surface area contributed by atoms with Gasteiger partial charge in [-0.2, -0.15) is 5.10 Å². The van der Waals surface area contributed by atoms with E-state index in [2.05, 4.69) is 31.4 Å². The summed E-state index contributed by atoms with van der Waals surface area (Å²) in [5.41, 5.74) is 2.30. The summed E-state index contributed by atoms with van der Waals surface area (Å²) in [7, 11) is 1.62. The molecule has 2 aromatic carbocycles. The average Bonchev–Trinajstić information content (AvgIpc) is 3.27. The Hall–Kier alpha value is -3.13. The first-order valence-corrected chi connectivity index (χ1v) is 10.9. The van der Waals surface area contributed by atoms with E-state index in [9.17, 15) is 9.59 Å². The van der Waals surface area contributed by atoms with Crippen LogP contribution in [0.15, 0.2) is 59.1 Å². The first-order valence-electron chi connectivity index (χ1n) is 10.1. The zero-order chi connectivity index (χ0) is 21.8. The van der Waals surface area contributed by atoms with Gasteiger partial charge in [0.1, 0.15) is 5.75 Å². The minimum Gasteiger partial charge on any atom is -0.496 e. The van der Waals surface area contributed by atoms with Crippen molar-refractivity contribution in [2.45, 2.75) is 12.8 Å². The zero-order valence-electron chi connectivity index (χ0n) is 17.1. The van der Waals surface area contributed by atoms with E-state index in [0.717, 1.165) is 21.5 Å². The van der Waals surface area contributed by atoms with Crippen molar-refractivity contribution in [2.24, 2.45) is 5.92 Å². The van der Waals surface area contributed by atoms with Gasteiger partial charge in [-0.1, -0.05) is 28.1 Å². The number of carbonyl (C=O) groups is 2. The molecule has 1 aliphatic heterocycles. The third-order valence-corrected chi connectivity index (χ3v) is 6.00. The number of rotatable bonds is 5. The van der Waals surface area contributed by atoms with Crippen LogP contribution in [0.1, 0.15) is 23.2 Å². The molecule has 4 rings (SSSR count). The molecule has 0 atom stereocenters. The third kappa shape index (κ3) is 4.80. The molecule has 2 N–H and O–H groups in total. The largest absolute Gasteiger partial charge is 0.496 e. The van der Waals surface area contributed by atoms with E-state index in [-0.39, 0.29) is 17.7 Å². The summed E-state index contributed by atoms with van der Waals surface area (Å²) in [6, 6.07) is 16.7. The number of methoxy groups -OCH3 is 1. The van der Waals surface area contributed by atoms with Gasteiger partial charge in [0, 0.05) is 40.7 Å². The number of nitrogens with one attached hydrogen (secondary N) is 2. The Morgan fingerprint density at radius 2 is 1.84 bits per heavy atom. The van der Waals surface area contributed by atoms with Gasteiger partial charge in [-0.05, 0) is 49.2 Å². The average molecular weight is 483 g/mol. The highest BCUT2D eigenvalue weighted by Crippen LogP contribution is 2.29. The normalized spacial score (nSPS) is 14.3. The number of aromatic amines is 1. The summed E-state index contributed by atoms with van der Waals surface area (Å²) in [5, 5.41) is 10.1. The van der Waals surface area contributed by atoms with Crippen LogP contribution in [0.3, 0.4) is 0 Å². The standard InChI is InChI=1S/C23H23BrN4O3/c1-31-20-5-3-2-4-18(20)19-14-21(27-26-19)25-22(29)15-10-12-28(13-11-15)23(30)16-6-8-17(24)9-7-16/h2-9,14-15H,10-13H2,1H3,(H2,25,26,27,29). The Balaban J connectivity index is 1.34. The van der Waals surface area contributed by atoms with Gasteiger partial charge in [0.15, 0.2) is 5.82 Å². The maximum Gasteiger partial charge on any atom is 0.253 e. The summed E-state index contributed by atoms with van der Waals surface area (Å²) >= 11 is 3.38. The van der Waals surface area contributed by atoms with Crippen molar-refractivity contribution in [2.75, 3.05) is 25.5 Å². The number of hydrogen-bond acceptors (Lipinski definition) is 4. The lowest BCUT2D eigenvalue weighted by Gasteiger charge is -2.31. The van der Waals surface area contributed by atoms with Gasteiger partial charge in [-0.15, -0.1) is 0 Å². The SMILES string of the molecule is COc1ccccc1-c1cc(NC(=O)C2CCN(C(=O)c3ccc(Br)cc3)CC2)n[nH]1. The maximum absolute atomic E-state index is 12.7. The number of benzene rings is 2. The number of aromatic nitrogens is 2. The van der Waals surface area contributed by atoms with Gasteiger partial charge in [0.05, 0.1) is 12.8 Å². The lowest BCUT2D eigenvalue weighted by atomic mass is 9.95. The summed E-state index contributed by atoms with van der Waals surface area (Å²) in [4.78, 5) is 27.2. The van der Waals surface area contributed by atoms with Crippen LogP contribution in [0.4, 0.5) is 5.82 Å². The van der Waals surface area contributed by atoms with Crippen LogP contribution in [0, 0.1) is 5.92 Å². The quantitative estimate of drug-likeness (QED) is 0.566. The molecule has 1 saturated heterocycles. The molecule has 0 unspecified atom stereocenters. The number of piperidine rings is 1. The van der Waals surface area contributed by atoms with Gasteiger partial charge in [-0.3, -0.25) is 14.7 Å². The second-order valence-corrected chi connectivity index (χ2v) is 8.35. The summed E-state index contributed by atoms with van der Waals surface area (Å²) in [5.74, 6) is 0.973. The second-order valence-electron chi connectivity index (χ2n) is 7.43. The zero-order valence-corrected chi connectivity index (χ0v) is 18.7. The van der Waals surface area contributed by atoms with Crippen molar-refractivity contribution in [3.05, 3.63) is 64.6 Å². The van der Waals surface area contributed by atoms with Crippen molar-refractivity contribution < 1.29 is 14.3 Å². The number of H-pyrrole nitrogens is 1. The van der Waals surface area contributed by atoms with Crippen molar-refractivity contribution >= 4 is 33.6 Å². The number of para-hydroxylation sites is 1. The molecular formula is C23H23BrN4O3. The molecule has 1 aromatic heterocycles. The van der Waals surface area contributed by atoms with E-state index in [4.69, 9.17) is 4.74 Å². The minimum absolute atomic E-state index is 0.000101. The monoisotopic (exact) mass is 482 g/mol. The number of likely N-dealkylation sites (tertiary alicyclic amines) is 1. The number of halogens is 1. The van der Waals surface area contributed by atoms with Gasteiger partial charge >= 0.3 is 0 Å². The van der Waals surface area contributed by atoms with Crippen molar-refractivity contribution in [3.63, 3.8) is 0 Å². The van der Waals surface area contributed by atoms with Crippen LogP contribution in [0.5, 0.6) is 5.75 Å². The molecule has 2 heterocycles. The molecule has 7 nitrogen and oxygen atoms in total. The number of carbonyl (C=O) groups excluding carboxylic acids is 2. The van der Waals surface area contributed by atoms with Crippen LogP contribution in [-0.2, 0) is 4.79 Å². The fourth-order valence-corrected chi connectivity index (χ4v) is 4.00. The van der Waals surface area contributed by atoms with Crippen LogP contribution < -0.4 is 10.1 Å². The molecule has 0 saturated carbocycles. The van der Waals surface area contributed by atoms with E-state index in [1.807, 2.05) is 48.5 Å². The van der Waals surface area contributed by atoms with E-state index in [0.29, 0.717) is 37.3 Å². The minimum atomic E-state index is -0.152. The highest BCUT2D eigenvalue weighted by atomic mass is 79.9. The Kier molecular flexibility index (Phi) is 6.36. The molecule has 160 valence electrons. The number of amides is 2. The predicted molar refractivity (Wildman–Crippen MR) is 122 cm³/mol. The molecule has 1 aliphatic rings. The molecule has 0 bridgehead atoms.